The lowest BCUT2D eigenvalue weighted by molar-refractivity contribution is -0.145. The number of aromatic nitrogens is 2. The van der Waals surface area contributed by atoms with Crippen LogP contribution < -0.4 is 10.6 Å². The van der Waals surface area contributed by atoms with E-state index in [1.807, 2.05) is 0 Å². The zero-order valence-electron chi connectivity index (χ0n) is 15.8. The maximum Gasteiger partial charge on any atom is 0.451 e. The molecule has 1 aromatic carbocycles. The summed E-state index contributed by atoms with van der Waals surface area (Å²) in [5.74, 6) is -1.86. The molecule has 156 valence electrons. The van der Waals surface area contributed by atoms with Gasteiger partial charge in [-0.3, -0.25) is 10.1 Å². The van der Waals surface area contributed by atoms with Gasteiger partial charge >= 0.3 is 12.2 Å². The first kappa shape index (κ1) is 21.4. The summed E-state index contributed by atoms with van der Waals surface area (Å²) >= 11 is 0.856. The summed E-state index contributed by atoms with van der Waals surface area (Å²) in [5.41, 5.74) is 0.139. The van der Waals surface area contributed by atoms with Crippen molar-refractivity contribution >= 4 is 34.6 Å². The van der Waals surface area contributed by atoms with Crippen molar-refractivity contribution < 1.29 is 22.8 Å². The number of rotatable bonds is 4. The molecular formula is C19H21F3N4O2S. The second kappa shape index (κ2) is 8.98. The van der Waals surface area contributed by atoms with Gasteiger partial charge < -0.3 is 5.32 Å². The molecule has 0 spiro atoms. The number of nitrogens with zero attached hydrogens (tertiary/aromatic N) is 2. The summed E-state index contributed by atoms with van der Waals surface area (Å²) in [6.45, 7) is 1.51. The average molecular weight is 426 g/mol. The molecule has 10 heteroatoms. The highest BCUT2D eigenvalue weighted by molar-refractivity contribution is 8.00. The van der Waals surface area contributed by atoms with Crippen LogP contribution >= 0.6 is 11.8 Å². The smallest absolute Gasteiger partial charge is 0.335 e. The van der Waals surface area contributed by atoms with Crippen molar-refractivity contribution in [2.24, 2.45) is 0 Å². The molecule has 0 aliphatic heterocycles. The Morgan fingerprint density at radius 3 is 2.52 bits per heavy atom. The molecule has 1 aromatic heterocycles. The number of urea groups is 1. The zero-order chi connectivity index (χ0) is 21.0. The molecule has 1 atom stereocenters. The fraction of sp³-hybridized carbons (Fsp3) is 0.474. The van der Waals surface area contributed by atoms with Crippen LogP contribution in [0, 0.1) is 0 Å². The van der Waals surface area contributed by atoms with Crippen LogP contribution in [-0.2, 0) is 11.0 Å². The van der Waals surface area contributed by atoms with Crippen LogP contribution in [0.15, 0.2) is 29.3 Å². The molecule has 6 nitrogen and oxygen atoms in total. The Kier molecular flexibility index (Phi) is 6.61. The topological polar surface area (TPSA) is 84.0 Å². The summed E-state index contributed by atoms with van der Waals surface area (Å²) in [4.78, 5) is 31.6. The first-order chi connectivity index (χ1) is 13.7. The monoisotopic (exact) mass is 426 g/mol. The molecule has 2 aromatic rings. The van der Waals surface area contributed by atoms with E-state index >= 15 is 0 Å². The highest BCUT2D eigenvalue weighted by atomic mass is 32.2. The maximum absolute atomic E-state index is 13.1. The fourth-order valence-corrected chi connectivity index (χ4v) is 4.11. The Hall–Kier alpha value is -2.36. The molecule has 1 saturated carbocycles. The molecule has 2 N–H and O–H groups in total. The first-order valence-corrected chi connectivity index (χ1v) is 10.2. The van der Waals surface area contributed by atoms with Gasteiger partial charge in [0.15, 0.2) is 0 Å². The molecule has 1 aliphatic carbocycles. The summed E-state index contributed by atoms with van der Waals surface area (Å²) in [6, 6.07) is 5.75. The number of halogens is 3. The highest BCUT2D eigenvalue weighted by Gasteiger charge is 2.36. The lowest BCUT2D eigenvalue weighted by Crippen LogP contribution is -2.47. The number of carbonyl (C=O) groups excluding carboxylic acids is 2. The lowest BCUT2D eigenvalue weighted by Gasteiger charge is -2.23. The van der Waals surface area contributed by atoms with Gasteiger partial charge in [0, 0.05) is 11.4 Å². The summed E-state index contributed by atoms with van der Waals surface area (Å²) < 4.78 is 39.4. The molecule has 1 unspecified atom stereocenters. The number of alkyl halides is 3. The van der Waals surface area contributed by atoms with Gasteiger partial charge in [0.05, 0.1) is 10.8 Å². The van der Waals surface area contributed by atoms with Crippen molar-refractivity contribution in [3.05, 3.63) is 30.1 Å². The van der Waals surface area contributed by atoms with E-state index in [1.54, 1.807) is 18.2 Å². The molecular weight excluding hydrogens is 405 g/mol. The van der Waals surface area contributed by atoms with E-state index in [0.29, 0.717) is 5.39 Å². The van der Waals surface area contributed by atoms with Gasteiger partial charge in [-0.15, -0.1) is 0 Å². The van der Waals surface area contributed by atoms with Crippen LogP contribution in [0.1, 0.15) is 44.9 Å². The summed E-state index contributed by atoms with van der Waals surface area (Å²) in [7, 11) is 0. The minimum atomic E-state index is -4.70. The number of imide groups is 1. The molecule has 1 heterocycles. The average Bonchev–Trinajstić information content (AvgIpc) is 2.67. The van der Waals surface area contributed by atoms with Crippen LogP contribution in [-0.4, -0.2) is 33.2 Å². The third-order valence-electron chi connectivity index (χ3n) is 4.66. The quantitative estimate of drug-likeness (QED) is 0.563. The number of carbonyl (C=O) groups is 2. The number of fused-ring (bicyclic) bond motifs is 1. The predicted octanol–water partition coefficient (Wildman–Crippen LogP) is 4.29. The van der Waals surface area contributed by atoms with Crippen LogP contribution in [0.3, 0.4) is 0 Å². The Morgan fingerprint density at radius 1 is 1.14 bits per heavy atom. The van der Waals surface area contributed by atoms with E-state index in [2.05, 4.69) is 20.6 Å². The first-order valence-electron chi connectivity index (χ1n) is 9.36. The fourth-order valence-electron chi connectivity index (χ4n) is 3.17. The van der Waals surface area contributed by atoms with Crippen LogP contribution in [0.4, 0.5) is 18.0 Å². The Bertz CT molecular complexity index is 901. The summed E-state index contributed by atoms with van der Waals surface area (Å²) in [5, 5.41) is 4.66. The largest absolute Gasteiger partial charge is 0.451 e. The molecule has 0 radical (unpaired) electrons. The second-order valence-electron chi connectivity index (χ2n) is 6.93. The molecule has 3 amide bonds. The Labute approximate surface area is 170 Å². The zero-order valence-corrected chi connectivity index (χ0v) is 16.6. The molecule has 0 saturated heterocycles. The number of para-hydroxylation sites is 1. The van der Waals surface area contributed by atoms with Crippen molar-refractivity contribution in [1.29, 1.82) is 0 Å². The third kappa shape index (κ3) is 5.59. The van der Waals surface area contributed by atoms with Gasteiger partial charge in [-0.25, -0.2) is 14.8 Å². The molecule has 3 rings (SSSR count). The van der Waals surface area contributed by atoms with E-state index in [1.165, 1.54) is 13.0 Å². The lowest BCUT2D eigenvalue weighted by atomic mass is 9.96. The van der Waals surface area contributed by atoms with Crippen LogP contribution in [0.25, 0.3) is 10.9 Å². The van der Waals surface area contributed by atoms with Gasteiger partial charge in [-0.2, -0.15) is 13.2 Å². The highest BCUT2D eigenvalue weighted by Crippen LogP contribution is 2.33. The predicted molar refractivity (Wildman–Crippen MR) is 103 cm³/mol. The van der Waals surface area contributed by atoms with Gasteiger partial charge in [0.25, 0.3) is 0 Å². The maximum atomic E-state index is 13.1. The molecule has 1 aliphatic rings. The van der Waals surface area contributed by atoms with Crippen molar-refractivity contribution in [1.82, 2.24) is 20.6 Å². The third-order valence-corrected chi connectivity index (χ3v) is 5.76. The number of hydrogen-bond acceptors (Lipinski definition) is 5. The normalized spacial score (nSPS) is 16.4. The number of amides is 3. The van der Waals surface area contributed by atoms with E-state index in [9.17, 15) is 22.8 Å². The molecule has 1 fully saturated rings. The van der Waals surface area contributed by atoms with Gasteiger partial charge in [-0.05, 0) is 25.8 Å². The minimum absolute atomic E-state index is 0.0401. The van der Waals surface area contributed by atoms with E-state index in [4.69, 9.17) is 0 Å². The molecule has 29 heavy (non-hydrogen) atoms. The van der Waals surface area contributed by atoms with E-state index < -0.39 is 29.2 Å². The van der Waals surface area contributed by atoms with Crippen molar-refractivity contribution in [2.75, 3.05) is 0 Å². The van der Waals surface area contributed by atoms with Crippen LogP contribution in [0.5, 0.6) is 0 Å². The summed E-state index contributed by atoms with van der Waals surface area (Å²) in [6.07, 6.45) is 0.253. The standard InChI is InChI=1S/C19H21F3N4O2S/c1-11(15(27)25-18(28)23-12-7-3-2-4-8-12)29-16-13-9-5-6-10-14(13)24-17(26-16)19(20,21)22/h5-6,9-12H,2-4,7-8H2,1H3,(H2,23,25,27,28). The van der Waals surface area contributed by atoms with Crippen molar-refractivity contribution in [3.8, 4) is 0 Å². The number of thioether (sulfide) groups is 1. The SMILES string of the molecule is CC(Sc1nc(C(F)(F)F)nc2ccccc12)C(=O)NC(=O)NC1CCCCC1. The van der Waals surface area contributed by atoms with Crippen molar-refractivity contribution in [2.45, 2.75) is 61.5 Å². The van der Waals surface area contributed by atoms with Gasteiger partial charge in [0.1, 0.15) is 5.03 Å². The minimum Gasteiger partial charge on any atom is -0.335 e. The van der Waals surface area contributed by atoms with Gasteiger partial charge in [-0.1, -0.05) is 49.2 Å². The van der Waals surface area contributed by atoms with Gasteiger partial charge in [0.2, 0.25) is 11.7 Å². The van der Waals surface area contributed by atoms with E-state index in [0.717, 1.165) is 43.9 Å². The second-order valence-corrected chi connectivity index (χ2v) is 8.25. The van der Waals surface area contributed by atoms with E-state index in [-0.39, 0.29) is 16.6 Å². The number of benzene rings is 1. The van der Waals surface area contributed by atoms with Crippen LogP contribution in [0.2, 0.25) is 0 Å². The number of hydrogen-bond donors (Lipinski definition) is 2. The number of nitrogens with one attached hydrogen (secondary N) is 2. The van der Waals surface area contributed by atoms with Crippen molar-refractivity contribution in [3.63, 3.8) is 0 Å². The Balaban J connectivity index is 1.70. The molecule has 0 bridgehead atoms. The Morgan fingerprint density at radius 2 is 1.83 bits per heavy atom.